The molecule has 3 heterocycles. The van der Waals surface area contributed by atoms with Gasteiger partial charge in [0.2, 0.25) is 17.7 Å². The molecular formula is C25H23F3N6O2. The summed E-state index contributed by atoms with van der Waals surface area (Å²) >= 11 is 0. The molecule has 0 spiro atoms. The van der Waals surface area contributed by atoms with Crippen molar-refractivity contribution in [2.24, 2.45) is 0 Å². The lowest BCUT2D eigenvalue weighted by atomic mass is 10.1. The van der Waals surface area contributed by atoms with Crippen molar-refractivity contribution in [2.75, 3.05) is 5.32 Å². The number of alkyl halides is 3. The molecule has 186 valence electrons. The van der Waals surface area contributed by atoms with Crippen LogP contribution in [0.15, 0.2) is 52.9 Å². The summed E-state index contributed by atoms with van der Waals surface area (Å²) in [6.07, 6.45) is 0.105. The van der Waals surface area contributed by atoms with Gasteiger partial charge in [0, 0.05) is 42.6 Å². The Labute approximate surface area is 204 Å². The summed E-state index contributed by atoms with van der Waals surface area (Å²) in [6, 6.07) is 12.1. The zero-order chi connectivity index (χ0) is 25.1. The van der Waals surface area contributed by atoms with Crippen LogP contribution in [-0.2, 0) is 30.4 Å². The van der Waals surface area contributed by atoms with Crippen molar-refractivity contribution in [3.05, 3.63) is 65.8 Å². The van der Waals surface area contributed by atoms with Crippen molar-refractivity contribution in [2.45, 2.75) is 51.2 Å². The Bertz CT molecular complexity index is 1360. The van der Waals surface area contributed by atoms with Gasteiger partial charge in [0.1, 0.15) is 5.82 Å². The highest BCUT2D eigenvalue weighted by Gasteiger charge is 2.30. The molecule has 0 bridgehead atoms. The molecule has 11 heteroatoms. The normalized spacial score (nSPS) is 13.8. The fourth-order valence-electron chi connectivity index (χ4n) is 4.15. The number of fused-ring (bicyclic) bond motifs is 1. The second-order valence-corrected chi connectivity index (χ2v) is 8.61. The minimum atomic E-state index is -4.47. The van der Waals surface area contributed by atoms with E-state index in [4.69, 9.17) is 4.42 Å². The number of aryl methyl sites for hydroxylation is 2. The molecule has 0 aliphatic carbocycles. The number of amides is 1. The summed E-state index contributed by atoms with van der Waals surface area (Å²) in [7, 11) is 0. The van der Waals surface area contributed by atoms with E-state index in [0.29, 0.717) is 5.69 Å². The van der Waals surface area contributed by atoms with Crippen molar-refractivity contribution >= 4 is 11.6 Å². The van der Waals surface area contributed by atoms with E-state index in [1.54, 1.807) is 0 Å². The first-order valence-corrected chi connectivity index (χ1v) is 11.7. The minimum absolute atomic E-state index is 0.0292. The third-order valence-corrected chi connectivity index (χ3v) is 6.01. The Balaban J connectivity index is 1.18. The maximum absolute atomic E-state index is 12.9. The van der Waals surface area contributed by atoms with Crippen LogP contribution in [0.5, 0.6) is 0 Å². The van der Waals surface area contributed by atoms with Gasteiger partial charge in [-0.3, -0.25) is 4.79 Å². The molecule has 1 amide bonds. The summed E-state index contributed by atoms with van der Waals surface area (Å²) in [6.45, 7) is 0.904. The SMILES string of the molecule is O=C(CCc1nnc(-c2cccc(C(F)(F)F)c2)o1)Nc1ccc(-c2nnc3n2CCCCC3)cc1. The van der Waals surface area contributed by atoms with Gasteiger partial charge in [-0.1, -0.05) is 12.5 Å². The van der Waals surface area contributed by atoms with Gasteiger partial charge in [-0.2, -0.15) is 13.2 Å². The van der Waals surface area contributed by atoms with Gasteiger partial charge in [0.05, 0.1) is 5.56 Å². The van der Waals surface area contributed by atoms with Crippen LogP contribution in [0.3, 0.4) is 0 Å². The first kappa shape index (κ1) is 23.7. The van der Waals surface area contributed by atoms with Gasteiger partial charge in [0.25, 0.3) is 0 Å². The average molecular weight is 496 g/mol. The summed E-state index contributed by atoms with van der Waals surface area (Å²) < 4.78 is 46.4. The second-order valence-electron chi connectivity index (χ2n) is 8.61. The van der Waals surface area contributed by atoms with Crippen molar-refractivity contribution in [3.8, 4) is 22.8 Å². The number of halogens is 3. The minimum Gasteiger partial charge on any atom is -0.421 e. The molecule has 4 aromatic rings. The number of carbonyl (C=O) groups is 1. The third-order valence-electron chi connectivity index (χ3n) is 6.01. The molecule has 0 saturated carbocycles. The summed E-state index contributed by atoms with van der Waals surface area (Å²) in [5, 5.41) is 19.2. The van der Waals surface area contributed by atoms with Crippen LogP contribution >= 0.6 is 0 Å². The van der Waals surface area contributed by atoms with Gasteiger partial charge in [-0.05, 0) is 55.3 Å². The number of benzene rings is 2. The summed E-state index contributed by atoms with van der Waals surface area (Å²) in [5.41, 5.74) is 0.929. The fraction of sp³-hybridized carbons (Fsp3) is 0.320. The molecule has 1 N–H and O–H groups in total. The Morgan fingerprint density at radius 3 is 2.61 bits per heavy atom. The van der Waals surface area contributed by atoms with E-state index >= 15 is 0 Å². The smallest absolute Gasteiger partial charge is 0.416 e. The number of aromatic nitrogens is 5. The number of hydrogen-bond donors (Lipinski definition) is 1. The first-order valence-electron chi connectivity index (χ1n) is 11.7. The zero-order valence-corrected chi connectivity index (χ0v) is 19.3. The quantitative estimate of drug-likeness (QED) is 0.388. The molecule has 2 aromatic heterocycles. The standard InChI is InChI=1S/C25H23F3N6O2/c26-25(27,28)18-6-4-5-17(15-18)24-33-31-22(36-24)13-12-21(35)29-19-10-8-16(9-11-19)23-32-30-20-7-2-1-3-14-34(20)23/h4-6,8-11,15H,1-3,7,12-14H2,(H,29,35). The van der Waals surface area contributed by atoms with Crippen LogP contribution in [0.4, 0.5) is 18.9 Å². The number of nitrogens with one attached hydrogen (secondary N) is 1. The van der Waals surface area contributed by atoms with E-state index < -0.39 is 11.7 Å². The predicted octanol–water partition coefficient (Wildman–Crippen LogP) is 5.31. The van der Waals surface area contributed by atoms with Crippen LogP contribution in [0, 0.1) is 0 Å². The van der Waals surface area contributed by atoms with Gasteiger partial charge in [-0.15, -0.1) is 20.4 Å². The van der Waals surface area contributed by atoms with Gasteiger partial charge < -0.3 is 14.3 Å². The number of rotatable bonds is 6. The van der Waals surface area contributed by atoms with E-state index in [1.807, 2.05) is 24.3 Å². The van der Waals surface area contributed by atoms with Crippen LogP contribution in [-0.4, -0.2) is 30.9 Å². The predicted molar refractivity (Wildman–Crippen MR) is 125 cm³/mol. The number of carbonyl (C=O) groups excluding carboxylic acids is 1. The van der Waals surface area contributed by atoms with E-state index in [2.05, 4.69) is 30.3 Å². The Morgan fingerprint density at radius 2 is 1.81 bits per heavy atom. The highest BCUT2D eigenvalue weighted by molar-refractivity contribution is 5.91. The molecule has 1 aliphatic rings. The highest BCUT2D eigenvalue weighted by atomic mass is 19.4. The molecule has 0 fully saturated rings. The number of hydrogen-bond acceptors (Lipinski definition) is 6. The lowest BCUT2D eigenvalue weighted by Gasteiger charge is -2.08. The molecule has 5 rings (SSSR count). The van der Waals surface area contributed by atoms with Gasteiger partial charge in [-0.25, -0.2) is 0 Å². The van der Waals surface area contributed by atoms with Crippen LogP contribution in [0.1, 0.15) is 43.0 Å². The van der Waals surface area contributed by atoms with Crippen LogP contribution in [0.2, 0.25) is 0 Å². The second kappa shape index (κ2) is 9.92. The molecule has 2 aromatic carbocycles. The van der Waals surface area contributed by atoms with E-state index in [9.17, 15) is 18.0 Å². The molecule has 0 unspecified atom stereocenters. The van der Waals surface area contributed by atoms with Crippen molar-refractivity contribution < 1.29 is 22.4 Å². The van der Waals surface area contributed by atoms with E-state index in [0.717, 1.165) is 55.2 Å². The zero-order valence-electron chi connectivity index (χ0n) is 19.3. The monoisotopic (exact) mass is 496 g/mol. The fourth-order valence-corrected chi connectivity index (χ4v) is 4.15. The maximum atomic E-state index is 12.9. The highest BCUT2D eigenvalue weighted by Crippen LogP contribution is 2.32. The lowest BCUT2D eigenvalue weighted by Crippen LogP contribution is -2.12. The molecular weight excluding hydrogens is 473 g/mol. The van der Waals surface area contributed by atoms with Crippen LogP contribution < -0.4 is 5.32 Å². The molecule has 0 radical (unpaired) electrons. The third kappa shape index (κ3) is 5.29. The lowest BCUT2D eigenvalue weighted by molar-refractivity contribution is -0.137. The number of nitrogens with zero attached hydrogens (tertiary/aromatic N) is 5. The maximum Gasteiger partial charge on any atom is 0.416 e. The van der Waals surface area contributed by atoms with Crippen molar-refractivity contribution in [1.82, 2.24) is 25.0 Å². The molecule has 0 saturated heterocycles. The van der Waals surface area contributed by atoms with Crippen molar-refractivity contribution in [1.29, 1.82) is 0 Å². The molecule has 8 nitrogen and oxygen atoms in total. The van der Waals surface area contributed by atoms with Crippen molar-refractivity contribution in [3.63, 3.8) is 0 Å². The molecule has 0 atom stereocenters. The Hall–Kier alpha value is -4.02. The Morgan fingerprint density at radius 1 is 0.972 bits per heavy atom. The molecule has 1 aliphatic heterocycles. The summed E-state index contributed by atoms with van der Waals surface area (Å²) in [4.78, 5) is 12.4. The topological polar surface area (TPSA) is 98.7 Å². The largest absolute Gasteiger partial charge is 0.421 e. The number of anilines is 1. The average Bonchev–Trinajstić information content (AvgIpc) is 3.44. The van der Waals surface area contributed by atoms with Crippen LogP contribution in [0.25, 0.3) is 22.8 Å². The summed E-state index contributed by atoms with van der Waals surface area (Å²) in [5.74, 6) is 1.73. The van der Waals surface area contributed by atoms with Gasteiger partial charge in [0.15, 0.2) is 5.82 Å². The first-order chi connectivity index (χ1) is 17.4. The van der Waals surface area contributed by atoms with Gasteiger partial charge >= 0.3 is 6.18 Å². The molecule has 36 heavy (non-hydrogen) atoms. The van der Waals surface area contributed by atoms with E-state index in [-0.39, 0.29) is 36.1 Å². The van der Waals surface area contributed by atoms with E-state index in [1.165, 1.54) is 18.6 Å². The Kier molecular flexibility index (Phi) is 6.53.